The molecule has 1 unspecified atom stereocenters. The minimum Gasteiger partial charge on any atom is -0.391 e. The molecule has 1 atom stereocenters. The molecule has 1 rings (SSSR count). The highest BCUT2D eigenvalue weighted by atomic mass is 79.9. The topological polar surface area (TPSA) is 32.3 Å². The predicted molar refractivity (Wildman–Crippen MR) is 71.7 cm³/mol. The average Bonchev–Trinajstić information content (AvgIpc) is 2.19. The second-order valence-corrected chi connectivity index (χ2v) is 5.41. The summed E-state index contributed by atoms with van der Waals surface area (Å²) in [5.74, 6) is 0. The number of halogens is 1. The van der Waals surface area contributed by atoms with Crippen LogP contribution in [0.25, 0.3) is 0 Å². The van der Waals surface area contributed by atoms with Crippen LogP contribution in [0.4, 0.5) is 0 Å². The van der Waals surface area contributed by atoms with Crippen molar-refractivity contribution in [2.45, 2.75) is 39.3 Å². The van der Waals surface area contributed by atoms with Gasteiger partial charge in [-0.05, 0) is 36.6 Å². The molecule has 0 aromatic heterocycles. The van der Waals surface area contributed by atoms with Crippen LogP contribution in [0, 0.1) is 6.92 Å². The highest BCUT2D eigenvalue weighted by Crippen LogP contribution is 2.17. The van der Waals surface area contributed by atoms with Crippen molar-refractivity contribution in [2.75, 3.05) is 6.54 Å². The molecule has 0 fully saturated rings. The van der Waals surface area contributed by atoms with Crippen LogP contribution in [0.3, 0.4) is 0 Å². The largest absolute Gasteiger partial charge is 0.391 e. The molecule has 0 aliphatic rings. The molecule has 0 spiro atoms. The Hall–Kier alpha value is -0.380. The molecule has 0 aliphatic heterocycles. The van der Waals surface area contributed by atoms with Crippen molar-refractivity contribution in [3.63, 3.8) is 0 Å². The van der Waals surface area contributed by atoms with E-state index in [0.29, 0.717) is 19.0 Å². The molecule has 0 radical (unpaired) electrons. The number of aryl methyl sites for hydroxylation is 1. The lowest BCUT2D eigenvalue weighted by atomic mass is 10.0. The van der Waals surface area contributed by atoms with Gasteiger partial charge >= 0.3 is 0 Å². The van der Waals surface area contributed by atoms with Crippen LogP contribution >= 0.6 is 15.9 Å². The van der Waals surface area contributed by atoms with Gasteiger partial charge in [0.25, 0.3) is 0 Å². The van der Waals surface area contributed by atoms with Gasteiger partial charge in [0.05, 0.1) is 6.10 Å². The van der Waals surface area contributed by atoms with Gasteiger partial charge in [-0.3, -0.25) is 0 Å². The first-order valence-corrected chi connectivity index (χ1v) is 6.45. The lowest BCUT2D eigenvalue weighted by molar-refractivity contribution is 0.168. The monoisotopic (exact) mass is 285 g/mol. The number of rotatable bonds is 5. The summed E-state index contributed by atoms with van der Waals surface area (Å²) < 4.78 is 1.09. The van der Waals surface area contributed by atoms with E-state index in [4.69, 9.17) is 0 Å². The fraction of sp³-hybridized carbons (Fsp3) is 0.538. The van der Waals surface area contributed by atoms with E-state index in [1.54, 1.807) is 0 Å². The van der Waals surface area contributed by atoms with Crippen molar-refractivity contribution in [1.29, 1.82) is 0 Å². The van der Waals surface area contributed by atoms with Gasteiger partial charge in [-0.15, -0.1) is 0 Å². The molecule has 2 N–H and O–H groups in total. The average molecular weight is 286 g/mol. The van der Waals surface area contributed by atoms with Gasteiger partial charge in [0, 0.05) is 17.1 Å². The van der Waals surface area contributed by atoms with Crippen molar-refractivity contribution in [3.8, 4) is 0 Å². The van der Waals surface area contributed by atoms with E-state index < -0.39 is 0 Å². The van der Waals surface area contributed by atoms with Crippen LogP contribution in [0.15, 0.2) is 22.7 Å². The third kappa shape index (κ3) is 4.64. The Morgan fingerprint density at radius 3 is 2.62 bits per heavy atom. The maximum Gasteiger partial charge on any atom is 0.0705 e. The normalized spacial score (nSPS) is 13.1. The SMILES string of the molecule is Cc1cc(Br)ccc1CC(O)CNC(C)C. The molecular weight excluding hydrogens is 266 g/mol. The number of hydrogen-bond acceptors (Lipinski definition) is 2. The second kappa shape index (κ2) is 6.38. The van der Waals surface area contributed by atoms with Gasteiger partial charge in [-0.2, -0.15) is 0 Å². The lowest BCUT2D eigenvalue weighted by Gasteiger charge is -2.15. The molecule has 2 nitrogen and oxygen atoms in total. The molecule has 1 aromatic rings. The van der Waals surface area contributed by atoms with Crippen molar-refractivity contribution < 1.29 is 5.11 Å². The summed E-state index contributed by atoms with van der Waals surface area (Å²) in [6.45, 7) is 6.88. The fourth-order valence-corrected chi connectivity index (χ4v) is 2.06. The van der Waals surface area contributed by atoms with Crippen molar-refractivity contribution in [3.05, 3.63) is 33.8 Å². The van der Waals surface area contributed by atoms with Crippen LogP contribution < -0.4 is 5.32 Å². The van der Waals surface area contributed by atoms with Crippen LogP contribution in [0.2, 0.25) is 0 Å². The highest BCUT2D eigenvalue weighted by Gasteiger charge is 2.08. The second-order valence-electron chi connectivity index (χ2n) is 4.49. The Bertz CT molecular complexity index is 339. The summed E-state index contributed by atoms with van der Waals surface area (Å²) in [5.41, 5.74) is 2.43. The molecule has 0 bridgehead atoms. The summed E-state index contributed by atoms with van der Waals surface area (Å²) in [6, 6.07) is 6.58. The first-order valence-electron chi connectivity index (χ1n) is 5.65. The summed E-state index contributed by atoms with van der Waals surface area (Å²) in [6.07, 6.45) is 0.390. The Labute approximate surface area is 106 Å². The van der Waals surface area contributed by atoms with Gasteiger partial charge < -0.3 is 10.4 Å². The zero-order valence-corrected chi connectivity index (χ0v) is 11.7. The molecule has 0 heterocycles. The third-order valence-electron chi connectivity index (χ3n) is 2.52. The number of aliphatic hydroxyl groups is 1. The predicted octanol–water partition coefficient (Wildman–Crippen LogP) is 2.66. The van der Waals surface area contributed by atoms with Gasteiger partial charge in [0.1, 0.15) is 0 Å². The van der Waals surface area contributed by atoms with E-state index in [2.05, 4.69) is 54.2 Å². The van der Waals surface area contributed by atoms with E-state index >= 15 is 0 Å². The van der Waals surface area contributed by atoms with E-state index in [1.165, 1.54) is 11.1 Å². The molecule has 0 saturated carbocycles. The van der Waals surface area contributed by atoms with Gasteiger partial charge in [-0.1, -0.05) is 35.8 Å². The Morgan fingerprint density at radius 2 is 2.06 bits per heavy atom. The number of nitrogens with one attached hydrogen (secondary N) is 1. The van der Waals surface area contributed by atoms with Crippen LogP contribution in [-0.4, -0.2) is 23.8 Å². The first-order chi connectivity index (χ1) is 7.49. The van der Waals surface area contributed by atoms with Crippen LogP contribution in [0.5, 0.6) is 0 Å². The number of hydrogen-bond donors (Lipinski definition) is 2. The number of benzene rings is 1. The Balaban J connectivity index is 2.52. The van der Waals surface area contributed by atoms with Crippen molar-refractivity contribution in [2.24, 2.45) is 0 Å². The van der Waals surface area contributed by atoms with Gasteiger partial charge in [-0.25, -0.2) is 0 Å². The quantitative estimate of drug-likeness (QED) is 0.872. The summed E-state index contributed by atoms with van der Waals surface area (Å²) >= 11 is 3.44. The van der Waals surface area contributed by atoms with E-state index in [0.717, 1.165) is 4.47 Å². The minimum atomic E-state index is -0.317. The minimum absolute atomic E-state index is 0.317. The van der Waals surface area contributed by atoms with E-state index in [1.807, 2.05) is 6.07 Å². The lowest BCUT2D eigenvalue weighted by Crippen LogP contribution is -2.33. The zero-order chi connectivity index (χ0) is 12.1. The first kappa shape index (κ1) is 13.7. The molecular formula is C13H20BrNO. The standard InChI is InChI=1S/C13H20BrNO/c1-9(2)15-8-13(16)7-11-4-5-12(14)6-10(11)3/h4-6,9,13,15-16H,7-8H2,1-3H3. The highest BCUT2D eigenvalue weighted by molar-refractivity contribution is 9.10. The summed E-state index contributed by atoms with van der Waals surface area (Å²) in [5, 5.41) is 13.1. The smallest absolute Gasteiger partial charge is 0.0705 e. The summed E-state index contributed by atoms with van der Waals surface area (Å²) in [4.78, 5) is 0. The van der Waals surface area contributed by atoms with Crippen LogP contribution in [0.1, 0.15) is 25.0 Å². The van der Waals surface area contributed by atoms with Gasteiger partial charge in [0.15, 0.2) is 0 Å². The Kier molecular flexibility index (Phi) is 5.46. The molecule has 1 aromatic carbocycles. The van der Waals surface area contributed by atoms with E-state index in [9.17, 15) is 5.11 Å². The molecule has 16 heavy (non-hydrogen) atoms. The molecule has 3 heteroatoms. The van der Waals surface area contributed by atoms with Crippen LogP contribution in [-0.2, 0) is 6.42 Å². The maximum atomic E-state index is 9.87. The summed E-state index contributed by atoms with van der Waals surface area (Å²) in [7, 11) is 0. The maximum absolute atomic E-state index is 9.87. The zero-order valence-electron chi connectivity index (χ0n) is 10.1. The van der Waals surface area contributed by atoms with Gasteiger partial charge in [0.2, 0.25) is 0 Å². The Morgan fingerprint density at radius 1 is 1.38 bits per heavy atom. The van der Waals surface area contributed by atoms with Crippen molar-refractivity contribution in [1.82, 2.24) is 5.32 Å². The fourth-order valence-electron chi connectivity index (χ4n) is 1.59. The molecule has 0 aliphatic carbocycles. The molecule has 90 valence electrons. The molecule has 0 amide bonds. The van der Waals surface area contributed by atoms with Crippen molar-refractivity contribution >= 4 is 15.9 Å². The third-order valence-corrected chi connectivity index (χ3v) is 3.02. The number of aliphatic hydroxyl groups excluding tert-OH is 1. The molecule has 0 saturated heterocycles. The van der Waals surface area contributed by atoms with E-state index in [-0.39, 0.29) is 6.10 Å².